The predicted octanol–water partition coefficient (Wildman–Crippen LogP) is 2.56. The first-order valence-corrected chi connectivity index (χ1v) is 7.03. The number of hydrogen-bond donors (Lipinski definition) is 1. The molecule has 1 fully saturated rings. The van der Waals surface area contributed by atoms with Crippen molar-refractivity contribution in [1.29, 1.82) is 0 Å². The van der Waals surface area contributed by atoms with Crippen LogP contribution in [0.15, 0.2) is 24.3 Å². The minimum Gasteiger partial charge on any atom is -0.496 e. The Balaban J connectivity index is 2.35. The molecule has 20 heavy (non-hydrogen) atoms. The number of carbonyl (C=O) groups excluding carboxylic acids is 1. The van der Waals surface area contributed by atoms with Gasteiger partial charge in [0.15, 0.2) is 0 Å². The summed E-state index contributed by atoms with van der Waals surface area (Å²) in [5, 5.41) is 3.36. The molecule has 0 aliphatic carbocycles. The number of para-hydroxylation sites is 1. The van der Waals surface area contributed by atoms with Gasteiger partial charge >= 0.3 is 0 Å². The van der Waals surface area contributed by atoms with Crippen LogP contribution in [0.3, 0.4) is 0 Å². The second kappa shape index (κ2) is 5.44. The highest BCUT2D eigenvalue weighted by atomic mass is 16.5. The molecule has 1 N–H and O–H groups in total. The number of rotatable bonds is 3. The van der Waals surface area contributed by atoms with Gasteiger partial charge in [-0.2, -0.15) is 0 Å². The standard InChI is InChI=1S/C16H24N2O2/c1-11-15(19)18(10-16(2,3)4)14(17-11)12-8-6-7-9-13(12)20-5/h6-9,11,14,17H,10H2,1-5H3. The zero-order chi connectivity index (χ0) is 14.9. The Labute approximate surface area is 121 Å². The first-order valence-electron chi connectivity index (χ1n) is 7.03. The molecule has 0 spiro atoms. The minimum atomic E-state index is -0.160. The number of nitrogens with one attached hydrogen (secondary N) is 1. The minimum absolute atomic E-state index is 0.0572. The van der Waals surface area contributed by atoms with Crippen molar-refractivity contribution < 1.29 is 9.53 Å². The molecular weight excluding hydrogens is 252 g/mol. The summed E-state index contributed by atoms with van der Waals surface area (Å²) in [6.07, 6.45) is -0.118. The Morgan fingerprint density at radius 2 is 1.95 bits per heavy atom. The molecule has 1 aliphatic heterocycles. The Kier molecular flexibility index (Phi) is 4.04. The quantitative estimate of drug-likeness (QED) is 0.922. The van der Waals surface area contributed by atoms with Gasteiger partial charge in [0.25, 0.3) is 0 Å². The maximum absolute atomic E-state index is 12.4. The summed E-state index contributed by atoms with van der Waals surface area (Å²) in [5.41, 5.74) is 1.07. The molecule has 1 aromatic rings. The van der Waals surface area contributed by atoms with Gasteiger partial charge in [-0.05, 0) is 18.4 Å². The predicted molar refractivity (Wildman–Crippen MR) is 79.5 cm³/mol. The van der Waals surface area contributed by atoms with E-state index in [4.69, 9.17) is 4.74 Å². The number of hydrogen-bond acceptors (Lipinski definition) is 3. The summed E-state index contributed by atoms with van der Waals surface area (Å²) in [5.74, 6) is 0.960. The highest BCUT2D eigenvalue weighted by Crippen LogP contribution is 2.33. The average Bonchev–Trinajstić information content (AvgIpc) is 2.65. The summed E-state index contributed by atoms with van der Waals surface area (Å²) in [6, 6.07) is 7.70. The lowest BCUT2D eigenvalue weighted by molar-refractivity contribution is -0.131. The number of benzene rings is 1. The lowest BCUT2D eigenvalue weighted by Crippen LogP contribution is -2.37. The third-order valence-electron chi connectivity index (χ3n) is 3.45. The summed E-state index contributed by atoms with van der Waals surface area (Å²) < 4.78 is 5.43. The van der Waals surface area contributed by atoms with E-state index in [1.807, 2.05) is 36.1 Å². The molecule has 1 aromatic carbocycles. The summed E-state index contributed by atoms with van der Waals surface area (Å²) >= 11 is 0. The van der Waals surface area contributed by atoms with Gasteiger partial charge in [0, 0.05) is 12.1 Å². The van der Waals surface area contributed by atoms with Crippen LogP contribution < -0.4 is 10.1 Å². The van der Waals surface area contributed by atoms with Crippen LogP contribution >= 0.6 is 0 Å². The van der Waals surface area contributed by atoms with Crippen molar-refractivity contribution >= 4 is 5.91 Å². The van der Waals surface area contributed by atoms with Crippen molar-refractivity contribution in [2.45, 2.75) is 39.9 Å². The van der Waals surface area contributed by atoms with Crippen LogP contribution in [0.25, 0.3) is 0 Å². The fourth-order valence-electron chi connectivity index (χ4n) is 2.60. The highest BCUT2D eigenvalue weighted by molar-refractivity contribution is 5.84. The Hall–Kier alpha value is -1.55. The average molecular weight is 276 g/mol. The second-order valence-corrected chi connectivity index (χ2v) is 6.56. The molecule has 2 atom stereocenters. The lowest BCUT2D eigenvalue weighted by atomic mass is 9.95. The maximum atomic E-state index is 12.4. The molecule has 0 saturated carbocycles. The van der Waals surface area contributed by atoms with Crippen molar-refractivity contribution in [1.82, 2.24) is 10.2 Å². The zero-order valence-electron chi connectivity index (χ0n) is 12.9. The molecule has 1 heterocycles. The van der Waals surface area contributed by atoms with Gasteiger partial charge in [0.05, 0.1) is 13.2 Å². The molecule has 1 aliphatic rings. The summed E-state index contributed by atoms with van der Waals surface area (Å²) in [6.45, 7) is 9.05. The Morgan fingerprint density at radius 3 is 2.55 bits per heavy atom. The van der Waals surface area contributed by atoms with E-state index in [1.54, 1.807) is 7.11 Å². The van der Waals surface area contributed by atoms with Crippen LogP contribution in [0.4, 0.5) is 0 Å². The molecule has 0 bridgehead atoms. The highest BCUT2D eigenvalue weighted by Gasteiger charge is 2.39. The number of ether oxygens (including phenoxy) is 1. The molecule has 0 aromatic heterocycles. The van der Waals surface area contributed by atoms with Crippen molar-refractivity contribution in [2.75, 3.05) is 13.7 Å². The fraction of sp³-hybridized carbons (Fsp3) is 0.562. The van der Waals surface area contributed by atoms with Crippen molar-refractivity contribution in [3.63, 3.8) is 0 Å². The number of amides is 1. The molecule has 4 nitrogen and oxygen atoms in total. The number of carbonyl (C=O) groups is 1. The molecule has 2 rings (SSSR count). The normalized spacial score (nSPS) is 23.2. The first-order chi connectivity index (χ1) is 9.33. The summed E-state index contributed by atoms with van der Waals surface area (Å²) in [4.78, 5) is 14.3. The monoisotopic (exact) mass is 276 g/mol. The topological polar surface area (TPSA) is 41.6 Å². The van der Waals surface area contributed by atoms with Crippen LogP contribution in [-0.2, 0) is 4.79 Å². The largest absolute Gasteiger partial charge is 0.496 e. The SMILES string of the molecule is COc1ccccc1C1NC(C)C(=O)N1CC(C)(C)C. The second-order valence-electron chi connectivity index (χ2n) is 6.56. The molecule has 110 valence electrons. The van der Waals surface area contributed by atoms with E-state index in [0.717, 1.165) is 11.3 Å². The van der Waals surface area contributed by atoms with E-state index in [2.05, 4.69) is 26.1 Å². The molecule has 1 amide bonds. The molecule has 0 radical (unpaired) electrons. The van der Waals surface area contributed by atoms with Gasteiger partial charge in [-0.1, -0.05) is 39.0 Å². The van der Waals surface area contributed by atoms with Crippen LogP contribution in [0.5, 0.6) is 5.75 Å². The van der Waals surface area contributed by atoms with Crippen LogP contribution in [-0.4, -0.2) is 30.5 Å². The third kappa shape index (κ3) is 2.96. The van der Waals surface area contributed by atoms with Crippen LogP contribution in [0, 0.1) is 5.41 Å². The molecular formula is C16H24N2O2. The van der Waals surface area contributed by atoms with E-state index >= 15 is 0 Å². The fourth-order valence-corrected chi connectivity index (χ4v) is 2.60. The first kappa shape index (κ1) is 14.9. The van der Waals surface area contributed by atoms with Gasteiger partial charge in [0.2, 0.25) is 5.91 Å². The van der Waals surface area contributed by atoms with E-state index in [0.29, 0.717) is 6.54 Å². The summed E-state index contributed by atoms with van der Waals surface area (Å²) in [7, 11) is 1.66. The van der Waals surface area contributed by atoms with E-state index in [-0.39, 0.29) is 23.5 Å². The Morgan fingerprint density at radius 1 is 1.30 bits per heavy atom. The van der Waals surface area contributed by atoms with E-state index in [9.17, 15) is 4.79 Å². The van der Waals surface area contributed by atoms with E-state index < -0.39 is 0 Å². The lowest BCUT2D eigenvalue weighted by Gasteiger charge is -2.31. The van der Waals surface area contributed by atoms with Crippen LogP contribution in [0.2, 0.25) is 0 Å². The van der Waals surface area contributed by atoms with Crippen molar-refractivity contribution in [2.24, 2.45) is 5.41 Å². The molecule has 1 saturated heterocycles. The Bertz CT molecular complexity index is 493. The smallest absolute Gasteiger partial charge is 0.241 e. The van der Waals surface area contributed by atoms with E-state index in [1.165, 1.54) is 0 Å². The number of methoxy groups -OCH3 is 1. The molecule has 2 unspecified atom stereocenters. The van der Waals surface area contributed by atoms with Crippen molar-refractivity contribution in [3.05, 3.63) is 29.8 Å². The maximum Gasteiger partial charge on any atom is 0.241 e. The van der Waals surface area contributed by atoms with Gasteiger partial charge in [-0.25, -0.2) is 0 Å². The van der Waals surface area contributed by atoms with Crippen molar-refractivity contribution in [3.8, 4) is 5.75 Å². The van der Waals surface area contributed by atoms with Gasteiger partial charge < -0.3 is 9.64 Å². The number of nitrogens with zero attached hydrogens (tertiary/aromatic N) is 1. The van der Waals surface area contributed by atoms with Crippen LogP contribution in [0.1, 0.15) is 39.4 Å². The van der Waals surface area contributed by atoms with Gasteiger partial charge in [-0.3, -0.25) is 10.1 Å². The third-order valence-corrected chi connectivity index (χ3v) is 3.45. The van der Waals surface area contributed by atoms with Gasteiger partial charge in [0.1, 0.15) is 11.9 Å². The van der Waals surface area contributed by atoms with Gasteiger partial charge in [-0.15, -0.1) is 0 Å². The molecule has 4 heteroatoms. The zero-order valence-corrected chi connectivity index (χ0v) is 12.9.